The summed E-state index contributed by atoms with van der Waals surface area (Å²) in [4.78, 5) is 0. The standard InChI is InChI=1S/C14H17FN2O2/c1-8(12-6-11(15)4-5-14(12)18)16-7-13-9(2)17-19-10(13)3/h4-6,8,16,18H,7H2,1-3H3. The zero-order valence-corrected chi connectivity index (χ0v) is 11.2. The van der Waals surface area contributed by atoms with Crippen LogP contribution in [0.2, 0.25) is 0 Å². The lowest BCUT2D eigenvalue weighted by atomic mass is 10.1. The molecule has 1 heterocycles. The third kappa shape index (κ3) is 2.93. The number of aromatic nitrogens is 1. The molecular formula is C14H17FN2O2. The van der Waals surface area contributed by atoms with Crippen molar-refractivity contribution in [2.45, 2.75) is 33.4 Å². The monoisotopic (exact) mass is 264 g/mol. The Labute approximate surface area is 111 Å². The summed E-state index contributed by atoms with van der Waals surface area (Å²) >= 11 is 0. The van der Waals surface area contributed by atoms with Crippen LogP contribution in [0.15, 0.2) is 22.7 Å². The number of nitrogens with zero attached hydrogens (tertiary/aromatic N) is 1. The minimum absolute atomic E-state index is 0.0835. The maximum Gasteiger partial charge on any atom is 0.138 e. The molecule has 1 unspecified atom stereocenters. The van der Waals surface area contributed by atoms with Crippen molar-refractivity contribution in [1.82, 2.24) is 10.5 Å². The first-order chi connectivity index (χ1) is 8.99. The number of hydrogen-bond donors (Lipinski definition) is 2. The van der Waals surface area contributed by atoms with E-state index in [0.717, 1.165) is 17.0 Å². The van der Waals surface area contributed by atoms with Gasteiger partial charge in [-0.05, 0) is 39.0 Å². The number of hydrogen-bond acceptors (Lipinski definition) is 4. The lowest BCUT2D eigenvalue weighted by Gasteiger charge is -2.15. The van der Waals surface area contributed by atoms with Crippen molar-refractivity contribution in [3.63, 3.8) is 0 Å². The van der Waals surface area contributed by atoms with E-state index < -0.39 is 0 Å². The molecule has 1 aromatic carbocycles. The van der Waals surface area contributed by atoms with Gasteiger partial charge in [0.1, 0.15) is 17.3 Å². The average Bonchev–Trinajstić information content (AvgIpc) is 2.69. The first kappa shape index (κ1) is 13.5. The number of phenols is 1. The lowest BCUT2D eigenvalue weighted by Crippen LogP contribution is -2.19. The van der Waals surface area contributed by atoms with Crippen molar-refractivity contribution in [1.29, 1.82) is 0 Å². The summed E-state index contributed by atoms with van der Waals surface area (Å²) in [6, 6.07) is 3.75. The second kappa shape index (κ2) is 5.40. The fourth-order valence-electron chi connectivity index (χ4n) is 1.99. The molecule has 0 fully saturated rings. The molecule has 1 aromatic heterocycles. The Hall–Kier alpha value is -1.88. The Morgan fingerprint density at radius 3 is 2.79 bits per heavy atom. The van der Waals surface area contributed by atoms with Crippen LogP contribution in [0.5, 0.6) is 5.75 Å². The molecule has 4 nitrogen and oxygen atoms in total. The fraction of sp³-hybridized carbons (Fsp3) is 0.357. The second-order valence-electron chi connectivity index (χ2n) is 4.61. The minimum atomic E-state index is -0.362. The molecular weight excluding hydrogens is 247 g/mol. The SMILES string of the molecule is Cc1noc(C)c1CNC(C)c1cc(F)ccc1O. The van der Waals surface area contributed by atoms with Gasteiger partial charge in [0.25, 0.3) is 0 Å². The van der Waals surface area contributed by atoms with Gasteiger partial charge in [-0.15, -0.1) is 0 Å². The van der Waals surface area contributed by atoms with Gasteiger partial charge in [-0.3, -0.25) is 0 Å². The summed E-state index contributed by atoms with van der Waals surface area (Å²) in [5, 5.41) is 16.8. The molecule has 0 radical (unpaired) electrons. The molecule has 1 atom stereocenters. The number of phenolic OH excluding ortho intramolecular Hbond substituents is 1. The summed E-state index contributed by atoms with van der Waals surface area (Å²) < 4.78 is 18.3. The average molecular weight is 264 g/mol. The quantitative estimate of drug-likeness (QED) is 0.891. The van der Waals surface area contributed by atoms with E-state index in [0.29, 0.717) is 12.1 Å². The molecule has 0 aliphatic rings. The van der Waals surface area contributed by atoms with E-state index in [-0.39, 0.29) is 17.6 Å². The third-order valence-corrected chi connectivity index (χ3v) is 3.22. The van der Waals surface area contributed by atoms with Crippen molar-refractivity contribution in [2.24, 2.45) is 0 Å². The van der Waals surface area contributed by atoms with Crippen LogP contribution in [0.4, 0.5) is 4.39 Å². The molecule has 0 saturated heterocycles. The van der Waals surface area contributed by atoms with E-state index in [2.05, 4.69) is 10.5 Å². The van der Waals surface area contributed by atoms with Crippen molar-refractivity contribution < 1.29 is 14.0 Å². The molecule has 0 amide bonds. The number of aromatic hydroxyl groups is 1. The highest BCUT2D eigenvalue weighted by atomic mass is 19.1. The molecule has 2 N–H and O–H groups in total. The molecule has 0 spiro atoms. The number of halogens is 1. The first-order valence-electron chi connectivity index (χ1n) is 6.12. The van der Waals surface area contributed by atoms with Gasteiger partial charge in [-0.2, -0.15) is 0 Å². The van der Waals surface area contributed by atoms with Crippen LogP contribution in [0, 0.1) is 19.7 Å². The Kier molecular flexibility index (Phi) is 3.85. The smallest absolute Gasteiger partial charge is 0.138 e. The van der Waals surface area contributed by atoms with E-state index in [1.165, 1.54) is 18.2 Å². The summed E-state index contributed by atoms with van der Waals surface area (Å²) in [7, 11) is 0. The van der Waals surface area contributed by atoms with Crippen LogP contribution < -0.4 is 5.32 Å². The van der Waals surface area contributed by atoms with Crippen molar-refractivity contribution >= 4 is 0 Å². The summed E-state index contributed by atoms with van der Waals surface area (Å²) in [6.45, 7) is 6.14. The van der Waals surface area contributed by atoms with E-state index in [1.807, 2.05) is 20.8 Å². The maximum atomic E-state index is 13.2. The first-order valence-corrected chi connectivity index (χ1v) is 6.12. The van der Waals surface area contributed by atoms with Crippen molar-refractivity contribution in [3.8, 4) is 5.75 Å². The summed E-state index contributed by atoms with van der Waals surface area (Å²) in [6.07, 6.45) is 0. The topological polar surface area (TPSA) is 58.3 Å². The Balaban J connectivity index is 2.09. The van der Waals surface area contributed by atoms with E-state index in [4.69, 9.17) is 4.52 Å². The van der Waals surface area contributed by atoms with Gasteiger partial charge in [-0.25, -0.2) is 4.39 Å². The van der Waals surface area contributed by atoms with Crippen molar-refractivity contribution in [2.75, 3.05) is 0 Å². The van der Waals surface area contributed by atoms with Crippen LogP contribution in [0.3, 0.4) is 0 Å². The van der Waals surface area contributed by atoms with Gasteiger partial charge in [0.15, 0.2) is 0 Å². The van der Waals surface area contributed by atoms with Crippen LogP contribution in [-0.2, 0) is 6.54 Å². The van der Waals surface area contributed by atoms with E-state index in [1.54, 1.807) is 0 Å². The van der Waals surface area contributed by atoms with Gasteiger partial charge in [0.05, 0.1) is 5.69 Å². The Morgan fingerprint density at radius 1 is 1.42 bits per heavy atom. The van der Waals surface area contributed by atoms with Crippen LogP contribution in [0.25, 0.3) is 0 Å². The fourth-order valence-corrected chi connectivity index (χ4v) is 1.99. The minimum Gasteiger partial charge on any atom is -0.508 e. The highest BCUT2D eigenvalue weighted by Crippen LogP contribution is 2.25. The van der Waals surface area contributed by atoms with Crippen LogP contribution in [0.1, 0.15) is 35.5 Å². The predicted octanol–water partition coefficient (Wildman–Crippen LogP) is 2.99. The van der Waals surface area contributed by atoms with Gasteiger partial charge < -0.3 is 14.9 Å². The van der Waals surface area contributed by atoms with Gasteiger partial charge >= 0.3 is 0 Å². The summed E-state index contributed by atoms with van der Waals surface area (Å²) in [5.74, 6) is 0.486. The lowest BCUT2D eigenvalue weighted by molar-refractivity contribution is 0.391. The van der Waals surface area contributed by atoms with Gasteiger partial charge in [0, 0.05) is 23.7 Å². The molecule has 2 aromatic rings. The predicted molar refractivity (Wildman–Crippen MR) is 69.3 cm³/mol. The Morgan fingerprint density at radius 2 is 2.16 bits per heavy atom. The van der Waals surface area contributed by atoms with Crippen LogP contribution in [-0.4, -0.2) is 10.3 Å². The zero-order valence-electron chi connectivity index (χ0n) is 11.2. The Bertz CT molecular complexity index is 561. The number of aryl methyl sites for hydroxylation is 2. The van der Waals surface area contributed by atoms with Gasteiger partial charge in [-0.1, -0.05) is 5.16 Å². The normalized spacial score (nSPS) is 12.6. The largest absolute Gasteiger partial charge is 0.508 e. The molecule has 0 bridgehead atoms. The van der Waals surface area contributed by atoms with Crippen LogP contribution >= 0.6 is 0 Å². The molecule has 2 rings (SSSR count). The highest BCUT2D eigenvalue weighted by molar-refractivity contribution is 5.35. The van der Waals surface area contributed by atoms with E-state index in [9.17, 15) is 9.50 Å². The van der Waals surface area contributed by atoms with Gasteiger partial charge in [0.2, 0.25) is 0 Å². The maximum absolute atomic E-state index is 13.2. The highest BCUT2D eigenvalue weighted by Gasteiger charge is 2.14. The third-order valence-electron chi connectivity index (χ3n) is 3.22. The summed E-state index contributed by atoms with van der Waals surface area (Å²) in [5.41, 5.74) is 2.36. The molecule has 0 saturated carbocycles. The molecule has 102 valence electrons. The van der Waals surface area contributed by atoms with E-state index >= 15 is 0 Å². The molecule has 0 aliphatic carbocycles. The number of rotatable bonds is 4. The number of benzene rings is 1. The molecule has 5 heteroatoms. The number of nitrogens with one attached hydrogen (secondary N) is 1. The second-order valence-corrected chi connectivity index (χ2v) is 4.61. The molecule has 19 heavy (non-hydrogen) atoms. The molecule has 0 aliphatic heterocycles. The van der Waals surface area contributed by atoms with Crippen molar-refractivity contribution in [3.05, 3.63) is 46.6 Å². The zero-order chi connectivity index (χ0) is 14.0.